The second kappa shape index (κ2) is 9.87. The van der Waals surface area contributed by atoms with E-state index in [0.717, 1.165) is 5.57 Å². The van der Waals surface area contributed by atoms with E-state index in [1.165, 1.54) is 6.92 Å². The molecule has 29 heavy (non-hydrogen) atoms. The number of fused-ring (bicyclic) bond motifs is 1. The quantitative estimate of drug-likeness (QED) is 0.324. The minimum Gasteiger partial charge on any atom is -0.457 e. The van der Waals surface area contributed by atoms with Crippen molar-refractivity contribution in [3.8, 4) is 0 Å². The topological polar surface area (TPSA) is 99.1 Å². The molecule has 0 amide bonds. The number of hydrogen-bond donors (Lipinski definition) is 1. The zero-order valence-corrected chi connectivity index (χ0v) is 17.5. The maximum atomic E-state index is 12.6. The first-order chi connectivity index (χ1) is 13.7. The molecule has 0 aromatic heterocycles. The predicted octanol–water partition coefficient (Wildman–Crippen LogP) is 2.63. The standard InChI is InChI=1S/C22H30O7/c1-6-13(3)21(25)29-20-18-14(4)22(26)28-17(18)10-12(2)8-7-9-16(11-23)19(20)27-15(5)24/h9-10,13,17-20,23H,4,6-8,11H2,1-3,5H3. The van der Waals surface area contributed by atoms with Gasteiger partial charge in [0, 0.05) is 12.5 Å². The smallest absolute Gasteiger partial charge is 0.334 e. The second-order valence-electron chi connectivity index (χ2n) is 7.65. The molecule has 0 aromatic rings. The fraction of sp³-hybridized carbons (Fsp3) is 0.591. The molecule has 5 unspecified atom stereocenters. The lowest BCUT2D eigenvalue weighted by atomic mass is 9.83. The highest BCUT2D eigenvalue weighted by Gasteiger charge is 2.49. The SMILES string of the molecule is C=C1C(=O)OC2C=C(C)CCC=C(CO)C(OC(C)=O)C(OC(=O)C(C)CC)C12. The van der Waals surface area contributed by atoms with Crippen LogP contribution in [0.2, 0.25) is 0 Å². The van der Waals surface area contributed by atoms with Gasteiger partial charge in [0.2, 0.25) is 0 Å². The second-order valence-corrected chi connectivity index (χ2v) is 7.65. The molecule has 0 aromatic carbocycles. The maximum Gasteiger partial charge on any atom is 0.334 e. The van der Waals surface area contributed by atoms with E-state index in [9.17, 15) is 19.5 Å². The van der Waals surface area contributed by atoms with Crippen LogP contribution in [-0.4, -0.2) is 47.9 Å². The zero-order chi connectivity index (χ0) is 21.7. The van der Waals surface area contributed by atoms with Crippen LogP contribution in [0.1, 0.15) is 47.0 Å². The van der Waals surface area contributed by atoms with E-state index in [0.29, 0.717) is 24.8 Å². The Morgan fingerprint density at radius 3 is 2.66 bits per heavy atom. The van der Waals surface area contributed by atoms with Gasteiger partial charge in [-0.25, -0.2) is 4.79 Å². The highest BCUT2D eigenvalue weighted by atomic mass is 16.6. The van der Waals surface area contributed by atoms with Crippen LogP contribution in [0, 0.1) is 11.8 Å². The molecule has 2 aliphatic rings. The van der Waals surface area contributed by atoms with Crippen LogP contribution in [0.3, 0.4) is 0 Å². The van der Waals surface area contributed by atoms with Gasteiger partial charge in [0.1, 0.15) is 6.10 Å². The van der Waals surface area contributed by atoms with Gasteiger partial charge in [0.25, 0.3) is 0 Å². The van der Waals surface area contributed by atoms with Crippen molar-refractivity contribution >= 4 is 17.9 Å². The number of rotatable bonds is 5. The van der Waals surface area contributed by atoms with Crippen LogP contribution in [0.25, 0.3) is 0 Å². The van der Waals surface area contributed by atoms with Crippen molar-refractivity contribution in [3.05, 3.63) is 35.5 Å². The molecule has 1 fully saturated rings. The van der Waals surface area contributed by atoms with Gasteiger partial charge in [-0.2, -0.15) is 0 Å². The molecule has 1 N–H and O–H groups in total. The fourth-order valence-corrected chi connectivity index (χ4v) is 3.52. The Morgan fingerprint density at radius 1 is 1.38 bits per heavy atom. The Balaban J connectivity index is 2.59. The Kier molecular flexibility index (Phi) is 7.79. The van der Waals surface area contributed by atoms with E-state index in [4.69, 9.17) is 14.2 Å². The molecule has 1 heterocycles. The summed E-state index contributed by atoms with van der Waals surface area (Å²) in [7, 11) is 0. The Morgan fingerprint density at radius 2 is 2.07 bits per heavy atom. The first-order valence-corrected chi connectivity index (χ1v) is 9.94. The van der Waals surface area contributed by atoms with E-state index < -0.39 is 42.1 Å². The van der Waals surface area contributed by atoms with Crippen molar-refractivity contribution in [1.29, 1.82) is 0 Å². The molecule has 7 heteroatoms. The Bertz CT molecular complexity index is 733. The average molecular weight is 406 g/mol. The molecule has 0 saturated carbocycles. The summed E-state index contributed by atoms with van der Waals surface area (Å²) in [5.74, 6) is -2.76. The van der Waals surface area contributed by atoms with Crippen molar-refractivity contribution in [3.63, 3.8) is 0 Å². The molecule has 160 valence electrons. The molecule has 0 bridgehead atoms. The highest BCUT2D eigenvalue weighted by Crippen LogP contribution is 2.37. The molecular formula is C22H30O7. The lowest BCUT2D eigenvalue weighted by molar-refractivity contribution is -0.171. The number of ether oxygens (including phenoxy) is 3. The Labute approximate surface area is 171 Å². The van der Waals surface area contributed by atoms with E-state index in [-0.39, 0.29) is 18.1 Å². The third kappa shape index (κ3) is 5.35. The molecule has 5 atom stereocenters. The Hall–Kier alpha value is -2.41. The van der Waals surface area contributed by atoms with Crippen LogP contribution in [-0.2, 0) is 28.6 Å². The number of carbonyl (C=O) groups excluding carboxylic acids is 3. The summed E-state index contributed by atoms with van der Waals surface area (Å²) in [4.78, 5) is 36.8. The third-order valence-electron chi connectivity index (χ3n) is 5.42. The average Bonchev–Trinajstić information content (AvgIpc) is 2.93. The summed E-state index contributed by atoms with van der Waals surface area (Å²) < 4.78 is 16.8. The third-order valence-corrected chi connectivity index (χ3v) is 5.42. The molecule has 1 saturated heterocycles. The number of aliphatic hydroxyl groups is 1. The number of allylic oxidation sites excluding steroid dienone is 2. The maximum absolute atomic E-state index is 12.6. The molecule has 1 aliphatic heterocycles. The fourth-order valence-electron chi connectivity index (χ4n) is 3.52. The first-order valence-electron chi connectivity index (χ1n) is 9.94. The van der Waals surface area contributed by atoms with Crippen molar-refractivity contribution in [1.82, 2.24) is 0 Å². The van der Waals surface area contributed by atoms with Gasteiger partial charge >= 0.3 is 17.9 Å². The van der Waals surface area contributed by atoms with E-state index >= 15 is 0 Å². The zero-order valence-electron chi connectivity index (χ0n) is 17.5. The lowest BCUT2D eigenvalue weighted by Crippen LogP contribution is -2.46. The van der Waals surface area contributed by atoms with E-state index in [2.05, 4.69) is 6.58 Å². The van der Waals surface area contributed by atoms with Crippen molar-refractivity contribution in [2.45, 2.75) is 65.3 Å². The number of aliphatic hydroxyl groups excluding tert-OH is 1. The van der Waals surface area contributed by atoms with Gasteiger partial charge in [-0.3, -0.25) is 9.59 Å². The molecule has 2 rings (SSSR count). The first kappa shape index (κ1) is 22.9. The molecule has 0 radical (unpaired) electrons. The van der Waals surface area contributed by atoms with Crippen molar-refractivity contribution in [2.24, 2.45) is 11.8 Å². The lowest BCUT2D eigenvalue weighted by Gasteiger charge is -2.34. The summed E-state index contributed by atoms with van der Waals surface area (Å²) in [6, 6.07) is 0. The minimum atomic E-state index is -1.05. The molecule has 1 aliphatic carbocycles. The predicted molar refractivity (Wildman–Crippen MR) is 106 cm³/mol. The van der Waals surface area contributed by atoms with Crippen LogP contribution in [0.4, 0.5) is 0 Å². The molecule has 7 nitrogen and oxygen atoms in total. The number of carbonyl (C=O) groups is 3. The molecule has 0 spiro atoms. The monoisotopic (exact) mass is 406 g/mol. The normalized spacial score (nSPS) is 28.4. The van der Waals surface area contributed by atoms with Gasteiger partial charge in [-0.1, -0.05) is 32.1 Å². The van der Waals surface area contributed by atoms with E-state index in [1.807, 2.05) is 19.9 Å². The van der Waals surface area contributed by atoms with Crippen molar-refractivity contribution in [2.75, 3.05) is 6.61 Å². The van der Waals surface area contributed by atoms with Crippen molar-refractivity contribution < 1.29 is 33.7 Å². The van der Waals surface area contributed by atoms with Crippen LogP contribution in [0.5, 0.6) is 0 Å². The molecular weight excluding hydrogens is 376 g/mol. The van der Waals surface area contributed by atoms with Crippen LogP contribution < -0.4 is 0 Å². The van der Waals surface area contributed by atoms with E-state index in [1.54, 1.807) is 13.0 Å². The van der Waals surface area contributed by atoms with Crippen LogP contribution in [0.15, 0.2) is 35.5 Å². The minimum absolute atomic E-state index is 0.149. The number of hydrogen-bond acceptors (Lipinski definition) is 7. The number of esters is 3. The largest absolute Gasteiger partial charge is 0.457 e. The summed E-state index contributed by atoms with van der Waals surface area (Å²) in [6.07, 6.45) is 2.66. The van der Waals surface area contributed by atoms with Gasteiger partial charge in [-0.15, -0.1) is 0 Å². The van der Waals surface area contributed by atoms with Gasteiger partial charge in [0.05, 0.1) is 18.4 Å². The summed E-state index contributed by atoms with van der Waals surface area (Å²) in [5.41, 5.74) is 1.56. The summed E-state index contributed by atoms with van der Waals surface area (Å²) in [5, 5.41) is 9.95. The van der Waals surface area contributed by atoms with Gasteiger partial charge in [-0.05, 0) is 37.8 Å². The summed E-state index contributed by atoms with van der Waals surface area (Å²) in [6.45, 7) is 10.2. The highest BCUT2D eigenvalue weighted by molar-refractivity contribution is 5.91. The van der Waals surface area contributed by atoms with Gasteiger partial charge < -0.3 is 19.3 Å². The van der Waals surface area contributed by atoms with Crippen LogP contribution >= 0.6 is 0 Å². The van der Waals surface area contributed by atoms with Gasteiger partial charge in [0.15, 0.2) is 12.2 Å². The summed E-state index contributed by atoms with van der Waals surface area (Å²) >= 11 is 0.